The number of aliphatic imine (C=N–C) groups is 1. The van der Waals surface area contributed by atoms with Crippen molar-refractivity contribution >= 4 is 40.5 Å². The van der Waals surface area contributed by atoms with Crippen molar-refractivity contribution in [3.05, 3.63) is 29.3 Å². The van der Waals surface area contributed by atoms with Gasteiger partial charge in [0.15, 0.2) is 5.11 Å². The lowest BCUT2D eigenvalue weighted by molar-refractivity contribution is 0.445. The topological polar surface area (TPSA) is 39.7 Å². The van der Waals surface area contributed by atoms with Gasteiger partial charge in [0.2, 0.25) is 0 Å². The summed E-state index contributed by atoms with van der Waals surface area (Å²) < 4.78 is 0. The van der Waals surface area contributed by atoms with Crippen molar-refractivity contribution < 1.29 is 0 Å². The van der Waals surface area contributed by atoms with E-state index in [4.69, 9.17) is 28.8 Å². The molecule has 1 fully saturated rings. The van der Waals surface area contributed by atoms with Gasteiger partial charge < -0.3 is 10.2 Å². The second kappa shape index (κ2) is 11.9. The maximum Gasteiger partial charge on any atom is 0.178 e. The molecule has 0 spiro atoms. The Balaban J connectivity index is 1.70. The summed E-state index contributed by atoms with van der Waals surface area (Å²) in [6.45, 7) is 0.786. The van der Waals surface area contributed by atoms with Crippen molar-refractivity contribution in [2.75, 3.05) is 18.9 Å². The number of nitrogens with one attached hydrogen (secondary N) is 2. The first-order chi connectivity index (χ1) is 14.2. The van der Waals surface area contributed by atoms with E-state index in [1.165, 1.54) is 76.5 Å². The molecule has 2 N–H and O–H groups in total. The second-order valence-corrected chi connectivity index (χ2v) is 9.12. The van der Waals surface area contributed by atoms with Crippen LogP contribution in [0, 0.1) is 5.92 Å². The largest absolute Gasteiger partial charge is 0.332 e. The Bertz CT molecular complexity index is 681. The minimum Gasteiger partial charge on any atom is -0.332 e. The molecule has 0 aromatic heterocycles. The number of thiocarbonyl (C=S) groups is 1. The quantitative estimate of drug-likeness (QED) is 0.554. The van der Waals surface area contributed by atoms with Crippen LogP contribution in [0.3, 0.4) is 0 Å². The van der Waals surface area contributed by atoms with Crippen molar-refractivity contribution in [1.82, 2.24) is 10.2 Å². The molecule has 6 heteroatoms. The molecule has 160 valence electrons. The highest BCUT2D eigenvalue weighted by Gasteiger charge is 2.32. The number of halogens is 1. The van der Waals surface area contributed by atoms with E-state index in [9.17, 15) is 0 Å². The van der Waals surface area contributed by atoms with Gasteiger partial charge in [-0.15, -0.1) is 0 Å². The van der Waals surface area contributed by atoms with E-state index in [0.29, 0.717) is 10.9 Å². The van der Waals surface area contributed by atoms with Gasteiger partial charge in [-0.25, -0.2) is 0 Å². The zero-order valence-corrected chi connectivity index (χ0v) is 19.2. The molecule has 2 aliphatic rings. The minimum atomic E-state index is 0.102. The number of hydrogen-bond acceptors (Lipinski definition) is 3. The van der Waals surface area contributed by atoms with Crippen LogP contribution in [0.4, 0.5) is 5.69 Å². The van der Waals surface area contributed by atoms with Crippen molar-refractivity contribution in [1.29, 1.82) is 0 Å². The minimum absolute atomic E-state index is 0.102. The highest BCUT2D eigenvalue weighted by atomic mass is 35.5. The molecule has 0 radical (unpaired) electrons. The highest BCUT2D eigenvalue weighted by Crippen LogP contribution is 2.27. The van der Waals surface area contributed by atoms with Crippen molar-refractivity contribution in [3.63, 3.8) is 0 Å². The molecule has 0 amide bonds. The van der Waals surface area contributed by atoms with E-state index in [-0.39, 0.29) is 6.17 Å². The zero-order chi connectivity index (χ0) is 20.5. The van der Waals surface area contributed by atoms with E-state index >= 15 is 0 Å². The Morgan fingerprint density at radius 1 is 1.03 bits per heavy atom. The molecule has 1 aliphatic heterocycles. The Morgan fingerprint density at radius 2 is 1.66 bits per heavy atom. The predicted octanol–water partition coefficient (Wildman–Crippen LogP) is 6.22. The molecule has 3 rings (SSSR count). The van der Waals surface area contributed by atoms with Gasteiger partial charge in [0.1, 0.15) is 12.0 Å². The molecule has 0 bridgehead atoms. The monoisotopic (exact) mass is 434 g/mol. The molecule has 1 heterocycles. The van der Waals surface area contributed by atoms with Crippen LogP contribution in [0.5, 0.6) is 0 Å². The summed E-state index contributed by atoms with van der Waals surface area (Å²) in [4.78, 5) is 7.25. The second-order valence-electron chi connectivity index (χ2n) is 8.30. The standard InChI is InChI=1S/C23H35ClN4S/c1-25-21-17-28(23(29)26-20-15-11-14-19(24)16-20)22(27-21)18-12-9-7-5-3-2-4-6-8-10-13-18/h11,14-16,18,21,25H,2-10,12-13,17H2,1H3,(H,26,29). The van der Waals surface area contributed by atoms with Gasteiger partial charge in [0.05, 0.1) is 6.54 Å². The third kappa shape index (κ3) is 6.94. The Kier molecular flexibility index (Phi) is 9.22. The summed E-state index contributed by atoms with van der Waals surface area (Å²) in [7, 11) is 1.98. The summed E-state index contributed by atoms with van der Waals surface area (Å²) in [6.07, 6.45) is 14.7. The molecule has 1 aliphatic carbocycles. The van der Waals surface area contributed by atoms with Gasteiger partial charge in [0, 0.05) is 16.6 Å². The SMILES string of the molecule is CNC1CN(C(=S)Nc2cccc(Cl)c2)C(C2CCCCCCCCCCC2)=N1. The summed E-state index contributed by atoms with van der Waals surface area (Å²) in [5.41, 5.74) is 0.924. The molecule has 4 nitrogen and oxygen atoms in total. The van der Waals surface area contributed by atoms with Crippen LogP contribution in [-0.2, 0) is 0 Å². The maximum absolute atomic E-state index is 6.14. The van der Waals surface area contributed by atoms with E-state index in [0.717, 1.165) is 17.3 Å². The molecule has 0 saturated heterocycles. The summed E-state index contributed by atoms with van der Waals surface area (Å²) in [5.74, 6) is 1.66. The van der Waals surface area contributed by atoms with Gasteiger partial charge in [-0.2, -0.15) is 0 Å². The zero-order valence-electron chi connectivity index (χ0n) is 17.6. The van der Waals surface area contributed by atoms with Gasteiger partial charge in [-0.05, 0) is 50.3 Å². The molecule has 1 atom stereocenters. The first-order valence-corrected chi connectivity index (χ1v) is 12.0. The van der Waals surface area contributed by atoms with E-state index in [1.54, 1.807) is 0 Å². The van der Waals surface area contributed by atoms with Crippen LogP contribution >= 0.6 is 23.8 Å². The number of hydrogen-bond donors (Lipinski definition) is 2. The van der Waals surface area contributed by atoms with Crippen LogP contribution in [-0.4, -0.2) is 35.6 Å². The first-order valence-electron chi connectivity index (χ1n) is 11.3. The molecular weight excluding hydrogens is 400 g/mol. The smallest absolute Gasteiger partial charge is 0.178 e. The number of rotatable bonds is 3. The van der Waals surface area contributed by atoms with Gasteiger partial charge >= 0.3 is 0 Å². The fourth-order valence-corrected chi connectivity index (χ4v) is 4.86. The van der Waals surface area contributed by atoms with E-state index < -0.39 is 0 Å². The van der Waals surface area contributed by atoms with E-state index in [2.05, 4.69) is 15.5 Å². The van der Waals surface area contributed by atoms with Crippen LogP contribution in [0.2, 0.25) is 5.02 Å². The van der Waals surface area contributed by atoms with Crippen molar-refractivity contribution in [2.24, 2.45) is 10.9 Å². The summed E-state index contributed by atoms with van der Waals surface area (Å²) in [6, 6.07) is 7.72. The number of amidine groups is 1. The normalized spacial score (nSPS) is 22.5. The average molecular weight is 435 g/mol. The average Bonchev–Trinajstić information content (AvgIpc) is 3.13. The van der Waals surface area contributed by atoms with Crippen molar-refractivity contribution in [3.8, 4) is 0 Å². The third-order valence-corrected chi connectivity index (χ3v) is 6.60. The number of anilines is 1. The Labute approximate surface area is 186 Å². The fraction of sp³-hybridized carbons (Fsp3) is 0.652. The lowest BCUT2D eigenvalue weighted by Gasteiger charge is -2.28. The lowest BCUT2D eigenvalue weighted by atomic mass is 9.91. The van der Waals surface area contributed by atoms with Gasteiger partial charge in [-0.3, -0.25) is 10.3 Å². The predicted molar refractivity (Wildman–Crippen MR) is 129 cm³/mol. The molecule has 1 saturated carbocycles. The van der Waals surface area contributed by atoms with E-state index in [1.807, 2.05) is 31.3 Å². The van der Waals surface area contributed by atoms with Gasteiger partial charge in [-0.1, -0.05) is 75.5 Å². The number of benzene rings is 1. The highest BCUT2D eigenvalue weighted by molar-refractivity contribution is 7.80. The molecule has 1 aromatic carbocycles. The lowest BCUT2D eigenvalue weighted by Crippen LogP contribution is -2.42. The van der Waals surface area contributed by atoms with Crippen LogP contribution in [0.25, 0.3) is 0 Å². The van der Waals surface area contributed by atoms with Crippen LogP contribution in [0.1, 0.15) is 70.6 Å². The first kappa shape index (κ1) is 22.5. The Morgan fingerprint density at radius 3 is 2.24 bits per heavy atom. The maximum atomic E-state index is 6.14. The van der Waals surface area contributed by atoms with Gasteiger partial charge in [0.25, 0.3) is 0 Å². The van der Waals surface area contributed by atoms with Crippen LogP contribution < -0.4 is 10.6 Å². The summed E-state index contributed by atoms with van der Waals surface area (Å²) >= 11 is 11.9. The summed E-state index contributed by atoms with van der Waals surface area (Å²) in [5, 5.41) is 8.12. The molecule has 1 aromatic rings. The number of nitrogens with zero attached hydrogens (tertiary/aromatic N) is 2. The molecular formula is C23H35ClN4S. The Hall–Kier alpha value is -1.17. The van der Waals surface area contributed by atoms with Crippen LogP contribution in [0.15, 0.2) is 29.3 Å². The van der Waals surface area contributed by atoms with Crippen molar-refractivity contribution in [2.45, 2.75) is 76.8 Å². The fourth-order valence-electron chi connectivity index (χ4n) is 4.38. The molecule has 1 unspecified atom stereocenters. The third-order valence-electron chi connectivity index (χ3n) is 6.04. The number of likely N-dealkylation sites (N-methyl/N-ethyl adjacent to an activating group) is 1. The molecule has 29 heavy (non-hydrogen) atoms.